The first-order valence-corrected chi connectivity index (χ1v) is 6.94. The maximum Gasteiger partial charge on any atom is 0.273 e. The highest BCUT2D eigenvalue weighted by atomic mass is 16.3. The number of carbonyl (C=O) groups is 1. The van der Waals surface area contributed by atoms with E-state index in [-0.39, 0.29) is 17.6 Å². The molecule has 0 bridgehead atoms. The quantitative estimate of drug-likeness (QED) is 0.704. The number of benzene rings is 1. The average Bonchev–Trinajstić information content (AvgIpc) is 2.96. The van der Waals surface area contributed by atoms with Crippen LogP contribution < -0.4 is 16.8 Å². The van der Waals surface area contributed by atoms with Crippen LogP contribution in [0.1, 0.15) is 47.7 Å². The Morgan fingerprint density at radius 1 is 1.43 bits per heavy atom. The standard InChI is InChI=1S/C15H20N4O2/c1-2-5-12(17)15-19-13(9-21-15)14(20)18-8-10-6-3-4-7-11(10)16/h3-4,6-7,9,12H,2,5,8,16-17H2,1H3,(H,18,20). The largest absolute Gasteiger partial charge is 0.446 e. The van der Waals surface area contributed by atoms with E-state index in [9.17, 15) is 4.79 Å². The Labute approximate surface area is 123 Å². The number of hydrogen-bond acceptors (Lipinski definition) is 5. The van der Waals surface area contributed by atoms with Gasteiger partial charge in [0, 0.05) is 12.2 Å². The molecule has 1 aromatic carbocycles. The van der Waals surface area contributed by atoms with Crippen LogP contribution in [-0.2, 0) is 6.54 Å². The lowest BCUT2D eigenvalue weighted by Gasteiger charge is -2.06. The number of amides is 1. The molecule has 0 aliphatic rings. The van der Waals surface area contributed by atoms with Crippen molar-refractivity contribution in [3.63, 3.8) is 0 Å². The highest BCUT2D eigenvalue weighted by Crippen LogP contribution is 2.15. The van der Waals surface area contributed by atoms with Gasteiger partial charge >= 0.3 is 0 Å². The smallest absolute Gasteiger partial charge is 0.273 e. The summed E-state index contributed by atoms with van der Waals surface area (Å²) in [5, 5.41) is 2.76. The third kappa shape index (κ3) is 3.82. The minimum Gasteiger partial charge on any atom is -0.446 e. The van der Waals surface area contributed by atoms with Crippen LogP contribution in [0.25, 0.3) is 0 Å². The first kappa shape index (κ1) is 15.1. The van der Waals surface area contributed by atoms with Crippen molar-refractivity contribution in [3.8, 4) is 0 Å². The Bertz CT molecular complexity index is 609. The molecule has 1 unspecified atom stereocenters. The van der Waals surface area contributed by atoms with E-state index in [0.717, 1.165) is 18.4 Å². The van der Waals surface area contributed by atoms with Crippen molar-refractivity contribution in [2.24, 2.45) is 5.73 Å². The van der Waals surface area contributed by atoms with E-state index in [1.54, 1.807) is 6.07 Å². The van der Waals surface area contributed by atoms with Crippen molar-refractivity contribution in [1.29, 1.82) is 0 Å². The van der Waals surface area contributed by atoms with Gasteiger partial charge < -0.3 is 21.2 Å². The molecule has 2 rings (SSSR count). The Kier molecular flexibility index (Phi) is 4.94. The SMILES string of the molecule is CCCC(N)c1nc(C(=O)NCc2ccccc2N)co1. The van der Waals surface area contributed by atoms with E-state index < -0.39 is 0 Å². The summed E-state index contributed by atoms with van der Waals surface area (Å²) in [7, 11) is 0. The summed E-state index contributed by atoms with van der Waals surface area (Å²) in [6, 6.07) is 7.09. The van der Waals surface area contributed by atoms with Crippen molar-refractivity contribution in [2.45, 2.75) is 32.4 Å². The summed E-state index contributed by atoms with van der Waals surface area (Å²) in [5.41, 5.74) is 13.4. The van der Waals surface area contributed by atoms with Gasteiger partial charge in [-0.3, -0.25) is 4.79 Å². The summed E-state index contributed by atoms with van der Waals surface area (Å²) in [5.74, 6) is 0.0816. The van der Waals surface area contributed by atoms with Crippen molar-refractivity contribution >= 4 is 11.6 Å². The maximum atomic E-state index is 12.0. The molecule has 1 amide bonds. The number of rotatable bonds is 6. The molecule has 1 aromatic heterocycles. The van der Waals surface area contributed by atoms with Gasteiger partial charge in [0.2, 0.25) is 5.89 Å². The molecule has 5 N–H and O–H groups in total. The second-order valence-electron chi connectivity index (χ2n) is 4.85. The van der Waals surface area contributed by atoms with E-state index >= 15 is 0 Å². The number of anilines is 1. The molecule has 0 fully saturated rings. The lowest BCUT2D eigenvalue weighted by atomic mass is 10.2. The fourth-order valence-corrected chi connectivity index (χ4v) is 1.96. The van der Waals surface area contributed by atoms with Crippen LogP contribution >= 0.6 is 0 Å². The Balaban J connectivity index is 1.96. The van der Waals surface area contributed by atoms with E-state index in [2.05, 4.69) is 10.3 Å². The van der Waals surface area contributed by atoms with Crippen LogP contribution in [-0.4, -0.2) is 10.9 Å². The summed E-state index contributed by atoms with van der Waals surface area (Å²) in [6.07, 6.45) is 3.02. The van der Waals surface area contributed by atoms with E-state index in [1.807, 2.05) is 25.1 Å². The Morgan fingerprint density at radius 3 is 2.90 bits per heavy atom. The predicted octanol–water partition coefficient (Wildman–Crippen LogP) is 1.99. The minimum atomic E-state index is -0.308. The highest BCUT2D eigenvalue weighted by Gasteiger charge is 2.16. The number of nitrogens with zero attached hydrogens (tertiary/aromatic N) is 1. The molecular weight excluding hydrogens is 268 g/mol. The summed E-state index contributed by atoms with van der Waals surface area (Å²) >= 11 is 0. The second kappa shape index (κ2) is 6.90. The number of nitrogens with one attached hydrogen (secondary N) is 1. The van der Waals surface area contributed by atoms with Gasteiger partial charge in [0.25, 0.3) is 5.91 Å². The third-order valence-corrected chi connectivity index (χ3v) is 3.17. The van der Waals surface area contributed by atoms with Crippen LogP contribution in [0.15, 0.2) is 34.9 Å². The molecule has 0 aliphatic carbocycles. The molecule has 0 radical (unpaired) electrons. The van der Waals surface area contributed by atoms with Gasteiger partial charge in [-0.05, 0) is 18.1 Å². The molecule has 0 aliphatic heterocycles. The molecule has 2 aromatic rings. The molecule has 112 valence electrons. The topological polar surface area (TPSA) is 107 Å². The van der Waals surface area contributed by atoms with E-state index in [1.165, 1.54) is 6.26 Å². The maximum absolute atomic E-state index is 12.0. The fourth-order valence-electron chi connectivity index (χ4n) is 1.96. The second-order valence-corrected chi connectivity index (χ2v) is 4.85. The summed E-state index contributed by atoms with van der Waals surface area (Å²) in [4.78, 5) is 16.1. The van der Waals surface area contributed by atoms with Crippen molar-refractivity contribution in [1.82, 2.24) is 10.3 Å². The first-order valence-electron chi connectivity index (χ1n) is 6.94. The van der Waals surface area contributed by atoms with Gasteiger partial charge in [-0.1, -0.05) is 31.5 Å². The number of hydrogen-bond donors (Lipinski definition) is 3. The number of aromatic nitrogens is 1. The Morgan fingerprint density at radius 2 is 2.19 bits per heavy atom. The van der Waals surface area contributed by atoms with Gasteiger partial charge in [-0.2, -0.15) is 0 Å². The fraction of sp³-hybridized carbons (Fsp3) is 0.333. The van der Waals surface area contributed by atoms with Crippen LogP contribution in [0.2, 0.25) is 0 Å². The van der Waals surface area contributed by atoms with Gasteiger partial charge in [-0.15, -0.1) is 0 Å². The van der Waals surface area contributed by atoms with Gasteiger partial charge in [0.15, 0.2) is 5.69 Å². The number of oxazole rings is 1. The number of carbonyl (C=O) groups excluding carboxylic acids is 1. The van der Waals surface area contributed by atoms with E-state index in [4.69, 9.17) is 15.9 Å². The molecule has 0 spiro atoms. The monoisotopic (exact) mass is 288 g/mol. The summed E-state index contributed by atoms with van der Waals surface area (Å²) in [6.45, 7) is 2.37. The Hall–Kier alpha value is -2.34. The average molecular weight is 288 g/mol. The first-order chi connectivity index (χ1) is 10.1. The van der Waals surface area contributed by atoms with Crippen molar-refractivity contribution < 1.29 is 9.21 Å². The molecule has 1 heterocycles. The molecular formula is C15H20N4O2. The number of para-hydroxylation sites is 1. The molecule has 21 heavy (non-hydrogen) atoms. The molecule has 0 saturated heterocycles. The van der Waals surface area contributed by atoms with Crippen LogP contribution in [0.3, 0.4) is 0 Å². The molecule has 6 heteroatoms. The van der Waals surface area contributed by atoms with Crippen LogP contribution in [0, 0.1) is 0 Å². The predicted molar refractivity (Wildman–Crippen MR) is 80.4 cm³/mol. The zero-order chi connectivity index (χ0) is 15.2. The molecule has 1 atom stereocenters. The van der Waals surface area contributed by atoms with Gasteiger partial charge in [-0.25, -0.2) is 4.98 Å². The highest BCUT2D eigenvalue weighted by molar-refractivity contribution is 5.91. The normalized spacial score (nSPS) is 12.1. The van der Waals surface area contributed by atoms with Crippen molar-refractivity contribution in [3.05, 3.63) is 47.7 Å². The van der Waals surface area contributed by atoms with Crippen LogP contribution in [0.5, 0.6) is 0 Å². The zero-order valence-corrected chi connectivity index (χ0v) is 12.0. The van der Waals surface area contributed by atoms with E-state index in [0.29, 0.717) is 18.1 Å². The lowest BCUT2D eigenvalue weighted by Crippen LogP contribution is -2.23. The molecule has 6 nitrogen and oxygen atoms in total. The molecule has 0 saturated carbocycles. The number of nitrogens with two attached hydrogens (primary N) is 2. The van der Waals surface area contributed by atoms with Gasteiger partial charge in [0.05, 0.1) is 6.04 Å². The van der Waals surface area contributed by atoms with Crippen molar-refractivity contribution in [2.75, 3.05) is 5.73 Å². The van der Waals surface area contributed by atoms with Gasteiger partial charge in [0.1, 0.15) is 6.26 Å². The third-order valence-electron chi connectivity index (χ3n) is 3.17. The number of nitrogen functional groups attached to an aromatic ring is 1. The lowest BCUT2D eigenvalue weighted by molar-refractivity contribution is 0.0946. The van der Waals surface area contributed by atoms with Crippen LogP contribution in [0.4, 0.5) is 5.69 Å². The summed E-state index contributed by atoms with van der Waals surface area (Å²) < 4.78 is 5.25. The zero-order valence-electron chi connectivity index (χ0n) is 12.0. The minimum absolute atomic E-state index is 0.228.